The molecular formula is C21H25N3O2S. The Labute approximate surface area is 161 Å². The highest BCUT2D eigenvalue weighted by Gasteiger charge is 2.46. The van der Waals surface area contributed by atoms with Crippen LogP contribution in [-0.2, 0) is 16.4 Å². The summed E-state index contributed by atoms with van der Waals surface area (Å²) < 4.78 is 24.7. The van der Waals surface area contributed by atoms with Crippen molar-refractivity contribution >= 4 is 15.9 Å². The van der Waals surface area contributed by atoms with Crippen LogP contribution >= 0.6 is 0 Å². The molecule has 0 saturated carbocycles. The van der Waals surface area contributed by atoms with Gasteiger partial charge in [0.2, 0.25) is 0 Å². The van der Waals surface area contributed by atoms with Crippen molar-refractivity contribution in [2.45, 2.75) is 18.6 Å². The summed E-state index contributed by atoms with van der Waals surface area (Å²) in [5.41, 5.74) is 2.17. The van der Waals surface area contributed by atoms with Crippen LogP contribution in [0.1, 0.15) is 11.3 Å². The molecule has 0 N–H and O–H groups in total. The van der Waals surface area contributed by atoms with Crippen molar-refractivity contribution in [2.24, 2.45) is 0 Å². The van der Waals surface area contributed by atoms with Gasteiger partial charge < -0.3 is 0 Å². The zero-order chi connectivity index (χ0) is 18.7. The van der Waals surface area contributed by atoms with E-state index in [2.05, 4.69) is 39.1 Å². The molecule has 1 aromatic heterocycles. The number of fused-ring (bicyclic) bond motifs is 1. The molecule has 0 amide bonds. The quantitative estimate of drug-likeness (QED) is 0.791. The lowest BCUT2D eigenvalue weighted by atomic mass is 10.0. The summed E-state index contributed by atoms with van der Waals surface area (Å²) in [4.78, 5) is 9.03. The second-order valence-electron chi connectivity index (χ2n) is 7.31. The number of aromatic nitrogens is 1. The van der Waals surface area contributed by atoms with E-state index in [0.717, 1.165) is 25.3 Å². The molecule has 0 radical (unpaired) electrons. The monoisotopic (exact) mass is 383 g/mol. The summed E-state index contributed by atoms with van der Waals surface area (Å²) in [7, 11) is -2.99. The number of hydrogen-bond donors (Lipinski definition) is 0. The van der Waals surface area contributed by atoms with Crippen LogP contribution in [0.15, 0.2) is 60.8 Å². The molecule has 6 heteroatoms. The van der Waals surface area contributed by atoms with Crippen LogP contribution in [0, 0.1) is 0 Å². The van der Waals surface area contributed by atoms with Crippen molar-refractivity contribution in [2.75, 3.05) is 31.1 Å². The zero-order valence-corrected chi connectivity index (χ0v) is 16.1. The van der Waals surface area contributed by atoms with E-state index in [1.165, 1.54) is 5.56 Å². The molecule has 0 unspecified atom stereocenters. The van der Waals surface area contributed by atoms with E-state index < -0.39 is 9.84 Å². The smallest absolute Gasteiger partial charge is 0.153 e. The van der Waals surface area contributed by atoms with E-state index in [0.29, 0.717) is 6.54 Å². The van der Waals surface area contributed by atoms with Crippen LogP contribution in [0.25, 0.3) is 6.08 Å². The zero-order valence-electron chi connectivity index (χ0n) is 15.3. The minimum atomic E-state index is -2.99. The second-order valence-corrected chi connectivity index (χ2v) is 9.46. The molecule has 2 saturated heterocycles. The van der Waals surface area contributed by atoms with Gasteiger partial charge >= 0.3 is 0 Å². The maximum absolute atomic E-state index is 12.3. The Kier molecular flexibility index (Phi) is 5.38. The first-order valence-corrected chi connectivity index (χ1v) is 11.2. The van der Waals surface area contributed by atoms with Crippen LogP contribution in [0.5, 0.6) is 0 Å². The molecule has 0 spiro atoms. The molecule has 2 atom stereocenters. The molecule has 142 valence electrons. The number of nitrogens with zero attached hydrogens (tertiary/aromatic N) is 3. The third-order valence-corrected chi connectivity index (χ3v) is 7.15. The second kappa shape index (κ2) is 7.92. The summed E-state index contributed by atoms with van der Waals surface area (Å²) in [6.07, 6.45) is 6.05. The molecule has 4 rings (SSSR count). The summed E-state index contributed by atoms with van der Waals surface area (Å²) >= 11 is 0. The fourth-order valence-corrected chi connectivity index (χ4v) is 6.15. The lowest BCUT2D eigenvalue weighted by Gasteiger charge is -2.43. The average Bonchev–Trinajstić information content (AvgIpc) is 3.01. The van der Waals surface area contributed by atoms with Crippen LogP contribution in [-0.4, -0.2) is 66.4 Å². The minimum absolute atomic E-state index is 0.0517. The maximum Gasteiger partial charge on any atom is 0.153 e. The number of benzene rings is 1. The largest absolute Gasteiger partial charge is 0.293 e. The van der Waals surface area contributed by atoms with Crippen LogP contribution in [0.2, 0.25) is 0 Å². The molecule has 0 bridgehead atoms. The van der Waals surface area contributed by atoms with Crippen molar-refractivity contribution in [3.8, 4) is 0 Å². The van der Waals surface area contributed by atoms with Crippen molar-refractivity contribution in [3.63, 3.8) is 0 Å². The topological polar surface area (TPSA) is 53.5 Å². The van der Waals surface area contributed by atoms with Gasteiger partial charge in [-0.2, -0.15) is 0 Å². The first-order chi connectivity index (χ1) is 13.1. The molecule has 2 aromatic rings. The Bertz CT molecular complexity index is 884. The predicted molar refractivity (Wildman–Crippen MR) is 108 cm³/mol. The van der Waals surface area contributed by atoms with Crippen LogP contribution in [0.4, 0.5) is 0 Å². The highest BCUT2D eigenvalue weighted by Crippen LogP contribution is 2.28. The Morgan fingerprint density at radius 2 is 1.67 bits per heavy atom. The Morgan fingerprint density at radius 1 is 0.963 bits per heavy atom. The molecule has 2 aliphatic heterocycles. The van der Waals surface area contributed by atoms with Gasteiger partial charge in [-0.3, -0.25) is 14.8 Å². The number of sulfone groups is 1. The van der Waals surface area contributed by atoms with Crippen molar-refractivity contribution in [3.05, 3.63) is 72.1 Å². The fraction of sp³-hybridized carbons (Fsp3) is 0.381. The maximum atomic E-state index is 12.3. The lowest BCUT2D eigenvalue weighted by Crippen LogP contribution is -2.58. The summed E-state index contributed by atoms with van der Waals surface area (Å²) in [5.74, 6) is 0.513. The van der Waals surface area contributed by atoms with Gasteiger partial charge in [-0.15, -0.1) is 0 Å². The first-order valence-electron chi connectivity index (χ1n) is 9.41. The Morgan fingerprint density at radius 3 is 2.41 bits per heavy atom. The molecular weight excluding hydrogens is 358 g/mol. The molecule has 1 aromatic carbocycles. The van der Waals surface area contributed by atoms with Gasteiger partial charge in [-0.1, -0.05) is 48.6 Å². The molecule has 0 aliphatic carbocycles. The Balaban J connectivity index is 1.46. The lowest BCUT2D eigenvalue weighted by molar-refractivity contribution is 0.0472. The summed E-state index contributed by atoms with van der Waals surface area (Å²) in [6.45, 7) is 3.24. The van der Waals surface area contributed by atoms with Gasteiger partial charge in [-0.25, -0.2) is 8.42 Å². The summed E-state index contributed by atoms with van der Waals surface area (Å²) in [5, 5.41) is 0. The predicted octanol–water partition coefficient (Wildman–Crippen LogP) is 2.08. The number of rotatable bonds is 5. The van der Waals surface area contributed by atoms with E-state index in [4.69, 9.17) is 0 Å². The van der Waals surface area contributed by atoms with E-state index in [-0.39, 0.29) is 23.6 Å². The van der Waals surface area contributed by atoms with Crippen LogP contribution in [0.3, 0.4) is 0 Å². The number of piperazine rings is 1. The SMILES string of the molecule is O=S1(=O)C[C@@H]2[C@H](C1)N(C/C=C/c1ccccc1)CCN2Cc1ccccn1. The van der Waals surface area contributed by atoms with Crippen molar-refractivity contribution in [1.29, 1.82) is 0 Å². The van der Waals surface area contributed by atoms with E-state index in [1.54, 1.807) is 6.20 Å². The van der Waals surface area contributed by atoms with Gasteiger partial charge in [0.15, 0.2) is 9.84 Å². The van der Waals surface area contributed by atoms with Gasteiger partial charge in [0.05, 0.1) is 17.2 Å². The van der Waals surface area contributed by atoms with E-state index >= 15 is 0 Å². The minimum Gasteiger partial charge on any atom is -0.293 e. The number of pyridine rings is 1. The van der Waals surface area contributed by atoms with Gasteiger partial charge in [0, 0.05) is 44.5 Å². The molecule has 3 heterocycles. The molecule has 2 aliphatic rings. The third kappa shape index (κ3) is 4.46. The highest BCUT2D eigenvalue weighted by molar-refractivity contribution is 7.91. The van der Waals surface area contributed by atoms with Gasteiger partial charge in [0.25, 0.3) is 0 Å². The van der Waals surface area contributed by atoms with Crippen LogP contribution < -0.4 is 0 Å². The number of hydrogen-bond acceptors (Lipinski definition) is 5. The van der Waals surface area contributed by atoms with Crippen molar-refractivity contribution in [1.82, 2.24) is 14.8 Å². The molecule has 27 heavy (non-hydrogen) atoms. The molecule has 5 nitrogen and oxygen atoms in total. The first kappa shape index (κ1) is 18.3. The average molecular weight is 384 g/mol. The van der Waals surface area contributed by atoms with Gasteiger partial charge in [0.1, 0.15) is 0 Å². The normalized spacial score (nSPS) is 25.6. The van der Waals surface area contributed by atoms with E-state index in [1.807, 2.05) is 36.4 Å². The fourth-order valence-electron chi connectivity index (χ4n) is 4.11. The Hall–Kier alpha value is -2.02. The van der Waals surface area contributed by atoms with Gasteiger partial charge in [-0.05, 0) is 17.7 Å². The highest BCUT2D eigenvalue weighted by atomic mass is 32.2. The third-order valence-electron chi connectivity index (χ3n) is 5.45. The summed E-state index contributed by atoms with van der Waals surface area (Å²) in [6, 6.07) is 16.2. The standard InChI is InChI=1S/C21H25N3O2S/c25-27(26)16-20-21(17-27)24(15-19-10-4-5-11-22-19)14-13-23(20)12-6-9-18-7-2-1-3-8-18/h1-11,20-21H,12-17H2/b9-6+/t20-,21+/m0/s1. The van der Waals surface area contributed by atoms with Crippen molar-refractivity contribution < 1.29 is 8.42 Å². The van der Waals surface area contributed by atoms with E-state index in [9.17, 15) is 8.42 Å². The molecule has 2 fully saturated rings.